The maximum Gasteiger partial charge on any atom is 4.00 e. The summed E-state index contributed by atoms with van der Waals surface area (Å²) >= 11 is 4.22. The van der Waals surface area contributed by atoms with E-state index in [0.717, 1.165) is 37.6 Å². The van der Waals surface area contributed by atoms with Gasteiger partial charge < -0.3 is 0 Å². The van der Waals surface area contributed by atoms with E-state index in [2.05, 4.69) is 78.0 Å². The van der Waals surface area contributed by atoms with Crippen molar-refractivity contribution in [3.8, 4) is 9.94 Å². The molecule has 0 radical (unpaired) electrons. The molecule has 6 nitrogen and oxygen atoms in total. The number of hydrogen-bond donors (Lipinski definition) is 0. The van der Waals surface area contributed by atoms with Crippen LogP contribution in [-0.2, 0) is 30.2 Å². The van der Waals surface area contributed by atoms with Crippen molar-refractivity contribution in [1.82, 2.24) is 19.8 Å². The Labute approximate surface area is 189 Å². The van der Waals surface area contributed by atoms with Crippen LogP contribution in [0.3, 0.4) is 0 Å². The number of hydrogen-bond acceptors (Lipinski definition) is 6. The Morgan fingerprint density at radius 3 is 1.41 bits per heavy atom. The molecule has 0 unspecified atom stereocenters. The first-order chi connectivity index (χ1) is 12.6. The van der Waals surface area contributed by atoms with Crippen molar-refractivity contribution >= 4 is 32.0 Å². The van der Waals surface area contributed by atoms with Crippen LogP contribution in [0.25, 0.3) is 0 Å². The van der Waals surface area contributed by atoms with Crippen molar-refractivity contribution in [3.63, 3.8) is 0 Å². The van der Waals surface area contributed by atoms with Crippen molar-refractivity contribution in [2.75, 3.05) is 27.2 Å². The van der Waals surface area contributed by atoms with E-state index in [1.165, 1.54) is 0 Å². The third kappa shape index (κ3) is 16.6. The fraction of sp³-hybridized carbons (Fsp3) is 0.333. The molecule has 2 aromatic rings. The van der Waals surface area contributed by atoms with Gasteiger partial charge >= 0.3 is 69.6 Å². The minimum atomic E-state index is 0. The van der Waals surface area contributed by atoms with Gasteiger partial charge in [0.2, 0.25) is 0 Å². The van der Waals surface area contributed by atoms with E-state index in [1.54, 1.807) is 9.94 Å². The van der Waals surface area contributed by atoms with Gasteiger partial charge in [-0.25, -0.2) is 0 Å². The van der Waals surface area contributed by atoms with Crippen LogP contribution in [0.2, 0.25) is 0 Å². The van der Waals surface area contributed by atoms with Gasteiger partial charge in [-0.15, -0.1) is 0 Å². The van der Waals surface area contributed by atoms with Crippen LogP contribution < -0.4 is 0 Å². The molecule has 0 amide bonds. The number of rotatable bonds is 7. The zero-order valence-corrected chi connectivity index (χ0v) is 19.8. The quantitative estimate of drug-likeness (QED) is 0.497. The third-order valence-electron chi connectivity index (χ3n) is 3.18. The van der Waals surface area contributed by atoms with Crippen LogP contribution in [0.1, 0.15) is 11.4 Å². The summed E-state index contributed by atoms with van der Waals surface area (Å²) in [7, 11) is 4.26. The Kier molecular flexibility index (Phi) is 20.2. The van der Waals surface area contributed by atoms with E-state index in [4.69, 9.17) is 10.5 Å². The molecule has 0 aliphatic carbocycles. The SMILES string of the molecule is CN(CCN(C)Cc1ccccn1)Cc1ccccn1.N#C[Se-].N#C[Se-].[Fe+4]. The molecule has 142 valence electrons. The molecule has 0 spiro atoms. The second kappa shape index (κ2) is 19.5. The number of aromatic nitrogens is 2. The van der Waals surface area contributed by atoms with Crippen LogP contribution in [-0.4, -0.2) is 79.0 Å². The van der Waals surface area contributed by atoms with E-state index < -0.39 is 0 Å². The standard InChI is InChI=1S/C16H22N4.2CHNSe.Fe/c1-19(13-15-7-3-5-9-17-15)11-12-20(2)14-16-8-4-6-10-18-16;2*2-1-3;/h3-10H,11-14H2,1-2H3;2*3H;/q;;;+4/p-2. The van der Waals surface area contributed by atoms with Crippen molar-refractivity contribution < 1.29 is 17.1 Å². The minimum absolute atomic E-state index is 0. The molecule has 0 N–H and O–H groups in total. The summed E-state index contributed by atoms with van der Waals surface area (Å²) in [4.78, 5) is 16.5. The van der Waals surface area contributed by atoms with E-state index in [0.29, 0.717) is 0 Å². The van der Waals surface area contributed by atoms with Crippen molar-refractivity contribution in [2.45, 2.75) is 13.1 Å². The van der Waals surface area contributed by atoms with E-state index in [9.17, 15) is 0 Å². The summed E-state index contributed by atoms with van der Waals surface area (Å²) in [5.41, 5.74) is 2.23. The Balaban J connectivity index is 0. The maximum atomic E-state index is 7.26. The van der Waals surface area contributed by atoms with E-state index in [-0.39, 0.29) is 17.1 Å². The fourth-order valence-electron chi connectivity index (χ4n) is 2.04. The molecule has 0 saturated heterocycles. The number of nitrogens with zero attached hydrogens (tertiary/aromatic N) is 6. The maximum absolute atomic E-state index is 7.26. The summed E-state index contributed by atoms with van der Waals surface area (Å²) in [5, 5.41) is 14.5. The summed E-state index contributed by atoms with van der Waals surface area (Å²) in [6, 6.07) is 12.1. The molecule has 2 heterocycles. The molecule has 27 heavy (non-hydrogen) atoms. The topological polar surface area (TPSA) is 79.8 Å². The molecule has 0 atom stereocenters. The predicted octanol–water partition coefficient (Wildman–Crippen LogP) is 1.31. The van der Waals surface area contributed by atoms with Gasteiger partial charge in [0.25, 0.3) is 0 Å². The second-order valence-corrected chi connectivity index (χ2v) is 6.07. The van der Waals surface area contributed by atoms with Crippen molar-refractivity contribution in [3.05, 3.63) is 60.2 Å². The molecule has 0 aliphatic heterocycles. The monoisotopic (exact) mass is 538 g/mol. The molecular formula is C18H22FeN6Se2+2. The van der Waals surface area contributed by atoms with Gasteiger partial charge in [-0.3, -0.25) is 19.8 Å². The van der Waals surface area contributed by atoms with Gasteiger partial charge in [0.15, 0.2) is 0 Å². The average Bonchev–Trinajstić information content (AvgIpc) is 2.63. The van der Waals surface area contributed by atoms with Gasteiger partial charge in [-0.2, -0.15) is 0 Å². The minimum Gasteiger partial charge on any atom is 4.00 e. The smallest absolute Gasteiger partial charge is 4.00 e. The second-order valence-electron chi connectivity index (χ2n) is 5.30. The van der Waals surface area contributed by atoms with Crippen molar-refractivity contribution in [2.24, 2.45) is 0 Å². The van der Waals surface area contributed by atoms with Crippen LogP contribution in [0, 0.1) is 20.5 Å². The van der Waals surface area contributed by atoms with Gasteiger partial charge in [-0.1, -0.05) is 12.1 Å². The summed E-state index contributed by atoms with van der Waals surface area (Å²) in [5.74, 6) is 0. The number of nitriles is 2. The average molecular weight is 536 g/mol. The largest absolute Gasteiger partial charge is 4.00 e. The molecule has 2 aromatic heterocycles. The summed E-state index contributed by atoms with van der Waals surface area (Å²) < 4.78 is 0. The molecular weight excluding hydrogens is 514 g/mol. The van der Waals surface area contributed by atoms with Gasteiger partial charge in [0.1, 0.15) is 0 Å². The van der Waals surface area contributed by atoms with E-state index >= 15 is 0 Å². The molecule has 0 aliphatic rings. The van der Waals surface area contributed by atoms with Crippen LogP contribution in [0.5, 0.6) is 0 Å². The molecule has 0 saturated carbocycles. The molecule has 0 aromatic carbocycles. The Bertz CT molecular complexity index is 602. The summed E-state index contributed by atoms with van der Waals surface area (Å²) in [6.45, 7) is 3.80. The van der Waals surface area contributed by atoms with Crippen LogP contribution in [0.15, 0.2) is 48.8 Å². The molecule has 0 fully saturated rings. The first-order valence-electron chi connectivity index (χ1n) is 7.76. The Morgan fingerprint density at radius 1 is 0.815 bits per heavy atom. The van der Waals surface area contributed by atoms with Crippen LogP contribution in [0.4, 0.5) is 0 Å². The normalized spacial score (nSPS) is 8.81. The molecule has 2 rings (SSSR count). The first kappa shape index (κ1) is 28.0. The summed E-state index contributed by atoms with van der Waals surface area (Å²) in [6.07, 6.45) is 3.69. The van der Waals surface area contributed by atoms with Crippen LogP contribution >= 0.6 is 0 Å². The Hall–Kier alpha value is -1.24. The third-order valence-corrected chi connectivity index (χ3v) is 3.18. The zero-order valence-electron chi connectivity index (χ0n) is 15.3. The zero-order chi connectivity index (χ0) is 19.6. The molecule has 0 bridgehead atoms. The fourth-order valence-corrected chi connectivity index (χ4v) is 2.04. The Morgan fingerprint density at radius 2 is 1.15 bits per heavy atom. The van der Waals surface area contributed by atoms with E-state index in [1.807, 2.05) is 36.7 Å². The van der Waals surface area contributed by atoms with Crippen molar-refractivity contribution in [1.29, 1.82) is 10.5 Å². The van der Waals surface area contributed by atoms with Gasteiger partial charge in [-0.05, 0) is 38.4 Å². The number of pyridine rings is 2. The van der Waals surface area contributed by atoms with Gasteiger partial charge in [0.05, 0.1) is 11.4 Å². The predicted molar refractivity (Wildman–Crippen MR) is 104 cm³/mol. The number of likely N-dealkylation sites (N-methyl/N-ethyl adjacent to an activating group) is 2. The first-order valence-corrected chi connectivity index (χ1v) is 9.48. The van der Waals surface area contributed by atoms with Gasteiger partial charge in [0, 0.05) is 38.6 Å². The molecule has 9 heteroatoms.